The molecule has 3 heteroatoms. The molecule has 16 heavy (non-hydrogen) atoms. The molecule has 1 rings (SSSR count). The molecule has 0 bridgehead atoms. The molecule has 1 unspecified atom stereocenters. The minimum absolute atomic E-state index is 0.442. The van der Waals surface area contributed by atoms with Gasteiger partial charge in [0.2, 0.25) is 0 Å². The first-order valence-electron chi connectivity index (χ1n) is 6.00. The van der Waals surface area contributed by atoms with Crippen molar-refractivity contribution in [2.75, 3.05) is 18.1 Å². The summed E-state index contributed by atoms with van der Waals surface area (Å²) in [5.41, 5.74) is 2.55. The van der Waals surface area contributed by atoms with E-state index in [1.54, 1.807) is 0 Å². The molecule has 0 aromatic carbocycles. The van der Waals surface area contributed by atoms with Gasteiger partial charge in [0.1, 0.15) is 0 Å². The molecule has 1 N–H and O–H groups in total. The normalized spacial score (nSPS) is 12.7. The van der Waals surface area contributed by atoms with Crippen molar-refractivity contribution in [2.45, 2.75) is 33.2 Å². The molecule has 0 aliphatic rings. The molecule has 90 valence electrons. The van der Waals surface area contributed by atoms with Crippen LogP contribution in [0.2, 0.25) is 0 Å². The van der Waals surface area contributed by atoms with Gasteiger partial charge in [-0.05, 0) is 36.8 Å². The maximum absolute atomic E-state index is 4.27. The van der Waals surface area contributed by atoms with E-state index in [1.807, 2.05) is 24.2 Å². The summed E-state index contributed by atoms with van der Waals surface area (Å²) in [5.74, 6) is 2.30. The van der Waals surface area contributed by atoms with E-state index >= 15 is 0 Å². The van der Waals surface area contributed by atoms with Gasteiger partial charge in [0.25, 0.3) is 0 Å². The molecule has 1 atom stereocenters. The van der Waals surface area contributed by atoms with Crippen molar-refractivity contribution in [3.8, 4) is 0 Å². The predicted molar refractivity (Wildman–Crippen MR) is 73.0 cm³/mol. The number of aryl methyl sites for hydroxylation is 1. The predicted octanol–water partition coefficient (Wildman–Crippen LogP) is 3.18. The topological polar surface area (TPSA) is 24.9 Å². The fourth-order valence-corrected chi connectivity index (χ4v) is 2.38. The van der Waals surface area contributed by atoms with E-state index in [1.165, 1.54) is 23.3 Å². The van der Waals surface area contributed by atoms with E-state index in [0.717, 1.165) is 12.3 Å². The minimum atomic E-state index is 0.442. The van der Waals surface area contributed by atoms with Crippen LogP contribution in [0.5, 0.6) is 0 Å². The Balaban J connectivity index is 2.66. The van der Waals surface area contributed by atoms with Gasteiger partial charge in [0.15, 0.2) is 0 Å². The maximum Gasteiger partial charge on any atom is 0.0427 e. The van der Waals surface area contributed by atoms with Crippen molar-refractivity contribution in [1.82, 2.24) is 10.3 Å². The Labute approximate surface area is 103 Å². The van der Waals surface area contributed by atoms with Crippen molar-refractivity contribution in [1.29, 1.82) is 0 Å². The molecule has 0 saturated carbocycles. The summed E-state index contributed by atoms with van der Waals surface area (Å²) in [7, 11) is 0. The Kier molecular flexibility index (Phi) is 6.50. The summed E-state index contributed by atoms with van der Waals surface area (Å²) in [4.78, 5) is 4.27. The number of nitrogens with one attached hydrogen (secondary N) is 1. The largest absolute Gasteiger partial charge is 0.309 e. The third kappa shape index (κ3) is 4.54. The Hall–Kier alpha value is -0.540. The zero-order valence-corrected chi connectivity index (χ0v) is 11.3. The van der Waals surface area contributed by atoms with E-state index in [-0.39, 0.29) is 0 Å². The number of aromatic nitrogens is 1. The standard InChI is InChI=1S/C13H22N2S/c1-4-6-15-13(10-16-5-2)12-7-11(3)8-14-9-12/h7-9,13,15H,4-6,10H2,1-3H3. The molecule has 0 amide bonds. The summed E-state index contributed by atoms with van der Waals surface area (Å²) < 4.78 is 0. The number of nitrogens with zero attached hydrogens (tertiary/aromatic N) is 1. The van der Waals surface area contributed by atoms with Gasteiger partial charge in [-0.1, -0.05) is 19.9 Å². The van der Waals surface area contributed by atoms with Crippen molar-refractivity contribution >= 4 is 11.8 Å². The van der Waals surface area contributed by atoms with Gasteiger partial charge < -0.3 is 5.32 Å². The van der Waals surface area contributed by atoms with Crippen LogP contribution in [0.3, 0.4) is 0 Å². The Morgan fingerprint density at radius 1 is 1.38 bits per heavy atom. The molecule has 0 saturated heterocycles. The number of rotatable bonds is 7. The molecule has 0 aliphatic carbocycles. The van der Waals surface area contributed by atoms with Crippen molar-refractivity contribution < 1.29 is 0 Å². The van der Waals surface area contributed by atoms with Crippen LogP contribution in [0.1, 0.15) is 37.4 Å². The highest BCUT2D eigenvalue weighted by atomic mass is 32.2. The van der Waals surface area contributed by atoms with Crippen molar-refractivity contribution in [2.24, 2.45) is 0 Å². The second-order valence-corrected chi connectivity index (χ2v) is 5.28. The summed E-state index contributed by atoms with van der Waals surface area (Å²) in [6, 6.07) is 2.67. The van der Waals surface area contributed by atoms with Crippen LogP contribution in [0.25, 0.3) is 0 Å². The van der Waals surface area contributed by atoms with E-state index in [9.17, 15) is 0 Å². The molecule has 0 spiro atoms. The molecule has 1 aromatic heterocycles. The van der Waals surface area contributed by atoms with Gasteiger partial charge in [-0.15, -0.1) is 0 Å². The first-order chi connectivity index (χ1) is 7.77. The smallest absolute Gasteiger partial charge is 0.0427 e. The molecule has 0 fully saturated rings. The Bertz CT molecular complexity index is 294. The molecular formula is C13H22N2S. The SMILES string of the molecule is CCCNC(CSCC)c1cncc(C)c1. The number of hydrogen-bond donors (Lipinski definition) is 1. The van der Waals surface area contributed by atoms with Crippen LogP contribution in [-0.4, -0.2) is 23.0 Å². The highest BCUT2D eigenvalue weighted by molar-refractivity contribution is 7.99. The van der Waals surface area contributed by atoms with Crippen molar-refractivity contribution in [3.63, 3.8) is 0 Å². The van der Waals surface area contributed by atoms with Crippen LogP contribution in [0.4, 0.5) is 0 Å². The van der Waals surface area contributed by atoms with Gasteiger partial charge in [-0.3, -0.25) is 4.98 Å². The second kappa shape index (κ2) is 7.69. The maximum atomic E-state index is 4.27. The first kappa shape index (κ1) is 13.5. The van der Waals surface area contributed by atoms with E-state index in [2.05, 4.69) is 37.1 Å². The first-order valence-corrected chi connectivity index (χ1v) is 7.16. The average molecular weight is 238 g/mol. The van der Waals surface area contributed by atoms with Crippen LogP contribution >= 0.6 is 11.8 Å². The fraction of sp³-hybridized carbons (Fsp3) is 0.615. The lowest BCUT2D eigenvalue weighted by molar-refractivity contribution is 0.575. The van der Waals surface area contributed by atoms with E-state index < -0.39 is 0 Å². The summed E-state index contributed by atoms with van der Waals surface area (Å²) in [6.07, 6.45) is 5.07. The molecule has 2 nitrogen and oxygen atoms in total. The highest BCUT2D eigenvalue weighted by Gasteiger charge is 2.10. The lowest BCUT2D eigenvalue weighted by atomic mass is 10.1. The molecule has 1 heterocycles. The monoisotopic (exact) mass is 238 g/mol. The van der Waals surface area contributed by atoms with Gasteiger partial charge in [0, 0.05) is 24.2 Å². The van der Waals surface area contributed by atoms with Crippen molar-refractivity contribution in [3.05, 3.63) is 29.6 Å². The second-order valence-electron chi connectivity index (χ2n) is 3.96. The molecule has 1 aromatic rings. The average Bonchev–Trinajstić information content (AvgIpc) is 2.29. The summed E-state index contributed by atoms with van der Waals surface area (Å²) >= 11 is 1.98. The molecule has 0 radical (unpaired) electrons. The third-order valence-corrected chi connectivity index (χ3v) is 3.41. The van der Waals surface area contributed by atoms with Gasteiger partial charge in [0.05, 0.1) is 0 Å². The van der Waals surface area contributed by atoms with Gasteiger partial charge in [-0.2, -0.15) is 11.8 Å². The number of pyridine rings is 1. The summed E-state index contributed by atoms with van der Waals surface area (Å²) in [5, 5.41) is 3.59. The fourth-order valence-electron chi connectivity index (χ4n) is 1.60. The zero-order valence-electron chi connectivity index (χ0n) is 10.5. The van der Waals surface area contributed by atoms with E-state index in [4.69, 9.17) is 0 Å². The highest BCUT2D eigenvalue weighted by Crippen LogP contribution is 2.18. The van der Waals surface area contributed by atoms with Gasteiger partial charge >= 0.3 is 0 Å². The quantitative estimate of drug-likeness (QED) is 0.789. The number of thioether (sulfide) groups is 1. The third-order valence-electron chi connectivity index (χ3n) is 2.43. The van der Waals surface area contributed by atoms with Gasteiger partial charge in [-0.25, -0.2) is 0 Å². The number of hydrogen-bond acceptors (Lipinski definition) is 3. The minimum Gasteiger partial charge on any atom is -0.309 e. The molecule has 0 aliphatic heterocycles. The molecular weight excluding hydrogens is 216 g/mol. The lowest BCUT2D eigenvalue weighted by Crippen LogP contribution is -2.24. The zero-order chi connectivity index (χ0) is 11.8. The Morgan fingerprint density at radius 2 is 2.19 bits per heavy atom. The van der Waals surface area contributed by atoms with Crippen LogP contribution in [0, 0.1) is 6.92 Å². The Morgan fingerprint density at radius 3 is 2.81 bits per heavy atom. The van der Waals surface area contributed by atoms with Crippen LogP contribution in [-0.2, 0) is 0 Å². The van der Waals surface area contributed by atoms with Crippen LogP contribution < -0.4 is 5.32 Å². The summed E-state index contributed by atoms with van der Waals surface area (Å²) in [6.45, 7) is 7.57. The van der Waals surface area contributed by atoms with E-state index in [0.29, 0.717) is 6.04 Å². The lowest BCUT2D eigenvalue weighted by Gasteiger charge is -2.18. The van der Waals surface area contributed by atoms with Crippen LogP contribution in [0.15, 0.2) is 18.5 Å².